The molecule has 21 heavy (non-hydrogen) atoms. The molecular weight excluding hydrogens is 268 g/mol. The molecule has 1 unspecified atom stereocenters. The second kappa shape index (κ2) is 6.58. The first kappa shape index (κ1) is 14.5. The van der Waals surface area contributed by atoms with Gasteiger partial charge in [-0.2, -0.15) is 0 Å². The summed E-state index contributed by atoms with van der Waals surface area (Å²) in [7, 11) is 0. The lowest BCUT2D eigenvalue weighted by atomic mass is 10.1. The van der Waals surface area contributed by atoms with Crippen LogP contribution in [0.1, 0.15) is 37.8 Å². The lowest BCUT2D eigenvalue weighted by Gasteiger charge is -2.29. The van der Waals surface area contributed by atoms with Crippen LogP contribution in [0.2, 0.25) is 0 Å². The number of aromatic nitrogens is 2. The van der Waals surface area contributed by atoms with Gasteiger partial charge in [0.2, 0.25) is 5.91 Å². The average molecular weight is 292 g/mol. The number of carbonyl (C=O) groups excluding carboxylic acids is 1. The minimum Gasteiger partial charge on any atom is -0.392 e. The monoisotopic (exact) mass is 292 g/mol. The van der Waals surface area contributed by atoms with Crippen molar-refractivity contribution in [3.05, 3.63) is 18.2 Å². The molecule has 1 amide bonds. The molecule has 1 aromatic heterocycles. The van der Waals surface area contributed by atoms with Crippen LogP contribution in [0.4, 0.5) is 0 Å². The molecule has 1 aromatic rings. The number of aliphatic hydroxyl groups is 1. The fourth-order valence-electron chi connectivity index (χ4n) is 3.56. The van der Waals surface area contributed by atoms with E-state index in [1.54, 1.807) is 12.5 Å². The van der Waals surface area contributed by atoms with Crippen LogP contribution in [0, 0.1) is 0 Å². The molecular formula is C15H24N4O2. The summed E-state index contributed by atoms with van der Waals surface area (Å²) in [5.41, 5.74) is 0.996. The normalized spacial score (nSPS) is 29.9. The van der Waals surface area contributed by atoms with E-state index in [-0.39, 0.29) is 18.1 Å². The Hall–Kier alpha value is -1.40. The van der Waals surface area contributed by atoms with Crippen LogP contribution in [0.25, 0.3) is 0 Å². The van der Waals surface area contributed by atoms with Gasteiger partial charge >= 0.3 is 0 Å². The first-order valence-corrected chi connectivity index (χ1v) is 7.91. The molecule has 0 aromatic carbocycles. The standard InChI is InChI=1S/C15H24N4O2/c20-12-6-7-19(9-12)14-3-1-2-13(14)18-15(21)5-4-11-8-16-10-17-11/h8,10,12-14,20H,1-7,9H2,(H,16,17)(H,18,21)/t12?,13-,14+/m1/s1. The van der Waals surface area contributed by atoms with Gasteiger partial charge in [-0.1, -0.05) is 0 Å². The molecule has 6 heteroatoms. The van der Waals surface area contributed by atoms with Crippen LogP contribution in [-0.4, -0.2) is 57.2 Å². The number of aryl methyl sites for hydroxylation is 1. The Bertz CT molecular complexity index is 462. The van der Waals surface area contributed by atoms with Gasteiger partial charge in [0, 0.05) is 43.5 Å². The number of imidazole rings is 1. The van der Waals surface area contributed by atoms with Crippen molar-refractivity contribution in [3.8, 4) is 0 Å². The Labute approximate surface area is 124 Å². The molecule has 116 valence electrons. The highest BCUT2D eigenvalue weighted by Gasteiger charge is 2.36. The third kappa shape index (κ3) is 3.63. The number of rotatable bonds is 5. The van der Waals surface area contributed by atoms with E-state index in [1.165, 1.54) is 0 Å². The van der Waals surface area contributed by atoms with E-state index < -0.39 is 0 Å². The Balaban J connectivity index is 1.48. The molecule has 0 spiro atoms. The quantitative estimate of drug-likeness (QED) is 0.736. The van der Waals surface area contributed by atoms with Gasteiger partial charge in [-0.05, 0) is 32.1 Å². The number of likely N-dealkylation sites (tertiary alicyclic amines) is 1. The number of carbonyl (C=O) groups is 1. The molecule has 1 aliphatic carbocycles. The van der Waals surface area contributed by atoms with Gasteiger partial charge in [0.25, 0.3) is 0 Å². The Morgan fingerprint density at radius 2 is 2.38 bits per heavy atom. The number of H-pyrrole nitrogens is 1. The van der Waals surface area contributed by atoms with Gasteiger partial charge < -0.3 is 15.4 Å². The maximum absolute atomic E-state index is 12.1. The van der Waals surface area contributed by atoms with Crippen LogP contribution in [0.5, 0.6) is 0 Å². The number of aliphatic hydroxyl groups excluding tert-OH is 1. The Morgan fingerprint density at radius 3 is 3.10 bits per heavy atom. The van der Waals surface area contributed by atoms with E-state index in [2.05, 4.69) is 20.2 Å². The molecule has 3 rings (SSSR count). The van der Waals surface area contributed by atoms with Gasteiger partial charge in [0.05, 0.1) is 12.4 Å². The molecule has 2 heterocycles. The molecule has 1 saturated carbocycles. The highest BCUT2D eigenvalue weighted by atomic mass is 16.3. The van der Waals surface area contributed by atoms with Gasteiger partial charge in [0.1, 0.15) is 0 Å². The fraction of sp³-hybridized carbons (Fsp3) is 0.733. The van der Waals surface area contributed by atoms with Crippen LogP contribution >= 0.6 is 0 Å². The largest absolute Gasteiger partial charge is 0.392 e. The highest BCUT2D eigenvalue weighted by molar-refractivity contribution is 5.76. The third-order valence-electron chi connectivity index (χ3n) is 4.67. The molecule has 1 aliphatic heterocycles. The van der Waals surface area contributed by atoms with Crippen molar-refractivity contribution in [2.24, 2.45) is 0 Å². The van der Waals surface area contributed by atoms with E-state index in [1.807, 2.05) is 0 Å². The predicted octanol–water partition coefficient (Wildman–Crippen LogP) is 0.446. The molecule has 3 N–H and O–H groups in total. The fourth-order valence-corrected chi connectivity index (χ4v) is 3.56. The van der Waals surface area contributed by atoms with Gasteiger partial charge in [-0.25, -0.2) is 4.98 Å². The number of hydrogen-bond donors (Lipinski definition) is 3. The second-order valence-electron chi connectivity index (χ2n) is 6.19. The highest BCUT2D eigenvalue weighted by Crippen LogP contribution is 2.27. The molecule has 0 bridgehead atoms. The molecule has 2 fully saturated rings. The number of amides is 1. The van der Waals surface area contributed by atoms with Crippen LogP contribution in [-0.2, 0) is 11.2 Å². The van der Waals surface area contributed by atoms with E-state index in [0.29, 0.717) is 18.9 Å². The SMILES string of the molecule is O=C(CCc1cnc[nH]1)N[C@@H]1CCC[C@@H]1N1CCC(O)C1. The third-order valence-corrected chi connectivity index (χ3v) is 4.67. The Morgan fingerprint density at radius 1 is 1.48 bits per heavy atom. The summed E-state index contributed by atoms with van der Waals surface area (Å²) in [6, 6.07) is 0.642. The van der Waals surface area contributed by atoms with E-state index >= 15 is 0 Å². The predicted molar refractivity (Wildman–Crippen MR) is 78.7 cm³/mol. The lowest BCUT2D eigenvalue weighted by Crippen LogP contribution is -2.48. The van der Waals surface area contributed by atoms with Crippen LogP contribution < -0.4 is 5.32 Å². The number of hydrogen-bond acceptors (Lipinski definition) is 4. The summed E-state index contributed by atoms with van der Waals surface area (Å²) in [5.74, 6) is 0.112. The second-order valence-corrected chi connectivity index (χ2v) is 6.19. The molecule has 2 aliphatic rings. The van der Waals surface area contributed by atoms with Crippen molar-refractivity contribution in [1.29, 1.82) is 0 Å². The Kier molecular flexibility index (Phi) is 4.55. The number of β-amino-alcohol motifs (C(OH)–C–C–N with tert-alkyl or cyclic N) is 1. The summed E-state index contributed by atoms with van der Waals surface area (Å²) in [6.45, 7) is 1.71. The molecule has 6 nitrogen and oxygen atoms in total. The molecule has 3 atom stereocenters. The van der Waals surface area contributed by atoms with Crippen molar-refractivity contribution in [3.63, 3.8) is 0 Å². The maximum atomic E-state index is 12.1. The zero-order valence-electron chi connectivity index (χ0n) is 12.3. The summed E-state index contributed by atoms with van der Waals surface area (Å²) in [5, 5.41) is 12.9. The van der Waals surface area contributed by atoms with Crippen molar-refractivity contribution in [1.82, 2.24) is 20.2 Å². The summed E-state index contributed by atoms with van der Waals surface area (Å²) >= 11 is 0. The zero-order chi connectivity index (χ0) is 14.7. The smallest absolute Gasteiger partial charge is 0.220 e. The van der Waals surface area contributed by atoms with E-state index in [9.17, 15) is 9.90 Å². The number of aromatic amines is 1. The molecule has 1 saturated heterocycles. The van der Waals surface area contributed by atoms with Gasteiger partial charge in [-0.3, -0.25) is 9.69 Å². The van der Waals surface area contributed by atoms with Gasteiger partial charge in [-0.15, -0.1) is 0 Å². The van der Waals surface area contributed by atoms with Crippen molar-refractivity contribution >= 4 is 5.91 Å². The summed E-state index contributed by atoms with van der Waals surface area (Å²) in [6.07, 6.45) is 8.59. The number of nitrogens with one attached hydrogen (secondary N) is 2. The maximum Gasteiger partial charge on any atom is 0.220 e. The van der Waals surface area contributed by atoms with Crippen LogP contribution in [0.3, 0.4) is 0 Å². The van der Waals surface area contributed by atoms with Crippen molar-refractivity contribution < 1.29 is 9.90 Å². The topological polar surface area (TPSA) is 81.2 Å². The molecule has 0 radical (unpaired) electrons. The first-order valence-electron chi connectivity index (χ1n) is 7.91. The van der Waals surface area contributed by atoms with Crippen LogP contribution in [0.15, 0.2) is 12.5 Å². The zero-order valence-corrected chi connectivity index (χ0v) is 12.3. The summed E-state index contributed by atoms with van der Waals surface area (Å²) < 4.78 is 0. The average Bonchev–Trinajstić information content (AvgIpc) is 3.17. The minimum absolute atomic E-state index is 0.112. The van der Waals surface area contributed by atoms with Crippen molar-refractivity contribution in [2.45, 2.75) is 56.7 Å². The summed E-state index contributed by atoms with van der Waals surface area (Å²) in [4.78, 5) is 21.4. The van der Waals surface area contributed by atoms with E-state index in [0.717, 1.165) is 44.5 Å². The van der Waals surface area contributed by atoms with Crippen molar-refractivity contribution in [2.75, 3.05) is 13.1 Å². The number of nitrogens with zero attached hydrogens (tertiary/aromatic N) is 2. The first-order chi connectivity index (χ1) is 10.2. The lowest BCUT2D eigenvalue weighted by molar-refractivity contribution is -0.122. The minimum atomic E-state index is -0.192. The van der Waals surface area contributed by atoms with Gasteiger partial charge in [0.15, 0.2) is 0 Å². The van der Waals surface area contributed by atoms with E-state index in [4.69, 9.17) is 0 Å².